The van der Waals surface area contributed by atoms with Gasteiger partial charge in [0.25, 0.3) is 0 Å². The van der Waals surface area contributed by atoms with E-state index in [4.69, 9.17) is 52.1 Å². The van der Waals surface area contributed by atoms with Gasteiger partial charge in [0.2, 0.25) is 5.91 Å². The van der Waals surface area contributed by atoms with E-state index in [2.05, 4.69) is 41.6 Å². The number of esters is 3. The summed E-state index contributed by atoms with van der Waals surface area (Å²) in [6.45, 7) is 14.1. The maximum atomic E-state index is 12.5. The number of nitrogens with zero attached hydrogens (tertiary/aromatic N) is 1. The largest absolute Gasteiger partial charge is 0.465 e. The lowest BCUT2D eigenvalue weighted by atomic mass is 9.96. The minimum Gasteiger partial charge on any atom is -0.465 e. The van der Waals surface area contributed by atoms with Crippen LogP contribution in [0.2, 0.25) is 0 Å². The summed E-state index contributed by atoms with van der Waals surface area (Å²) in [5.74, 6) is -1.23. The standard InChI is InChI=1S/C41H76N4O17/c1-34(46)58-23-17-45(33-41(2,3)4)18-24-59-37(48)9-7-19-54-28-30-57-22-16-42-36(47)13-21-56-29-27-55-20-8-10-38(49)62-35(11-14-43-39(50)60-31-25-52-5)12-15-44-40(51)61-32-26-53-6/h35H,7-33H2,1-6H3,(H,42,47)(H,43,50)(H,44,51). The van der Waals surface area contributed by atoms with Gasteiger partial charge in [-0.15, -0.1) is 0 Å². The number of methoxy groups -OCH3 is 2. The SMILES string of the molecule is COCCOC(=O)NCCC(CCNC(=O)OCCOC)OC(=O)CCCOCCOCCC(=O)NCCOCCOCCCC(=O)OCCN(CCOC(C)=O)CC(C)(C)C. The van der Waals surface area contributed by atoms with Crippen molar-refractivity contribution in [3.05, 3.63) is 0 Å². The lowest BCUT2D eigenvalue weighted by Gasteiger charge is -2.29. The number of nitrogens with one attached hydrogen (secondary N) is 3. The Morgan fingerprint density at radius 1 is 0.516 bits per heavy atom. The zero-order valence-corrected chi connectivity index (χ0v) is 38.1. The molecule has 0 aliphatic rings. The average molecular weight is 897 g/mol. The van der Waals surface area contributed by atoms with Crippen LogP contribution in [0.1, 0.15) is 72.6 Å². The van der Waals surface area contributed by atoms with Crippen molar-refractivity contribution in [3.8, 4) is 0 Å². The van der Waals surface area contributed by atoms with Gasteiger partial charge in [0.05, 0.1) is 52.9 Å². The summed E-state index contributed by atoms with van der Waals surface area (Å²) in [6.07, 6.45) is 0.246. The summed E-state index contributed by atoms with van der Waals surface area (Å²) in [4.78, 5) is 73.4. The summed E-state index contributed by atoms with van der Waals surface area (Å²) < 4.78 is 57.5. The molecule has 0 saturated heterocycles. The Hall–Kier alpha value is -3.86. The predicted molar refractivity (Wildman–Crippen MR) is 224 cm³/mol. The van der Waals surface area contributed by atoms with Gasteiger partial charge in [0, 0.05) is 106 Å². The lowest BCUT2D eigenvalue weighted by Crippen LogP contribution is -2.38. The van der Waals surface area contributed by atoms with Crippen LogP contribution in [0.4, 0.5) is 9.59 Å². The van der Waals surface area contributed by atoms with Gasteiger partial charge >= 0.3 is 30.1 Å². The van der Waals surface area contributed by atoms with Gasteiger partial charge in [-0.05, 0) is 18.3 Å². The maximum Gasteiger partial charge on any atom is 0.407 e. The minimum absolute atomic E-state index is 0.0461. The van der Waals surface area contributed by atoms with Crippen LogP contribution in [0.3, 0.4) is 0 Å². The number of carbonyl (C=O) groups excluding carboxylic acids is 6. The molecule has 0 aromatic carbocycles. The Kier molecular flexibility index (Phi) is 37.5. The van der Waals surface area contributed by atoms with Gasteiger partial charge in [0.15, 0.2) is 0 Å². The molecule has 0 aromatic heterocycles. The van der Waals surface area contributed by atoms with Crippen molar-refractivity contribution in [2.45, 2.75) is 78.7 Å². The van der Waals surface area contributed by atoms with Crippen LogP contribution in [0.5, 0.6) is 0 Å². The third-order valence-corrected chi connectivity index (χ3v) is 8.02. The number of hydrogen-bond donors (Lipinski definition) is 3. The van der Waals surface area contributed by atoms with Gasteiger partial charge in [-0.25, -0.2) is 9.59 Å². The number of rotatable bonds is 40. The number of carbonyl (C=O) groups is 6. The van der Waals surface area contributed by atoms with Crippen LogP contribution in [-0.4, -0.2) is 193 Å². The molecular formula is C41H76N4O17. The van der Waals surface area contributed by atoms with Gasteiger partial charge in [0.1, 0.15) is 32.5 Å². The van der Waals surface area contributed by atoms with Gasteiger partial charge < -0.3 is 68.1 Å². The van der Waals surface area contributed by atoms with Crippen LogP contribution in [0.25, 0.3) is 0 Å². The normalized spacial score (nSPS) is 11.3. The van der Waals surface area contributed by atoms with Crippen molar-refractivity contribution in [1.82, 2.24) is 20.9 Å². The molecule has 62 heavy (non-hydrogen) atoms. The van der Waals surface area contributed by atoms with E-state index in [0.717, 1.165) is 6.54 Å². The molecule has 0 spiro atoms. The number of ether oxygens (including phenoxy) is 11. The molecule has 21 nitrogen and oxygen atoms in total. The Bertz CT molecular complexity index is 1160. The molecule has 0 radical (unpaired) electrons. The molecule has 0 atom stereocenters. The Balaban J connectivity index is 3.93. The zero-order valence-electron chi connectivity index (χ0n) is 38.1. The quantitative estimate of drug-likeness (QED) is 0.0453. The van der Waals surface area contributed by atoms with E-state index in [0.29, 0.717) is 85.0 Å². The fraction of sp³-hybridized carbons (Fsp3) is 0.854. The maximum absolute atomic E-state index is 12.5. The average Bonchev–Trinajstić information content (AvgIpc) is 3.20. The number of alkyl carbamates (subject to hydrolysis) is 2. The highest BCUT2D eigenvalue weighted by Crippen LogP contribution is 2.15. The van der Waals surface area contributed by atoms with Crippen LogP contribution in [0.15, 0.2) is 0 Å². The van der Waals surface area contributed by atoms with Gasteiger partial charge in [-0.3, -0.25) is 24.1 Å². The van der Waals surface area contributed by atoms with Crippen LogP contribution >= 0.6 is 0 Å². The van der Waals surface area contributed by atoms with E-state index in [1.807, 2.05) is 0 Å². The predicted octanol–water partition coefficient (Wildman–Crippen LogP) is 2.01. The van der Waals surface area contributed by atoms with Crippen molar-refractivity contribution in [3.63, 3.8) is 0 Å². The number of amides is 3. The fourth-order valence-electron chi connectivity index (χ4n) is 5.13. The van der Waals surface area contributed by atoms with E-state index >= 15 is 0 Å². The fourth-order valence-corrected chi connectivity index (χ4v) is 5.13. The van der Waals surface area contributed by atoms with E-state index < -0.39 is 24.3 Å². The van der Waals surface area contributed by atoms with Crippen molar-refractivity contribution < 1.29 is 80.9 Å². The second kappa shape index (κ2) is 40.0. The smallest absolute Gasteiger partial charge is 0.407 e. The first kappa shape index (κ1) is 58.1. The second-order valence-electron chi connectivity index (χ2n) is 15.0. The van der Waals surface area contributed by atoms with Gasteiger partial charge in [-0.2, -0.15) is 0 Å². The summed E-state index contributed by atoms with van der Waals surface area (Å²) >= 11 is 0. The van der Waals surface area contributed by atoms with Gasteiger partial charge in [-0.1, -0.05) is 20.8 Å². The van der Waals surface area contributed by atoms with E-state index in [1.54, 1.807) is 0 Å². The first-order chi connectivity index (χ1) is 29.7. The van der Waals surface area contributed by atoms with Crippen molar-refractivity contribution in [2.24, 2.45) is 5.41 Å². The molecule has 0 bridgehead atoms. The van der Waals surface area contributed by atoms with Crippen LogP contribution < -0.4 is 16.0 Å². The van der Waals surface area contributed by atoms with Crippen LogP contribution in [0, 0.1) is 5.41 Å². The zero-order chi connectivity index (χ0) is 46.1. The highest BCUT2D eigenvalue weighted by molar-refractivity contribution is 5.75. The molecule has 0 fully saturated rings. The van der Waals surface area contributed by atoms with Crippen molar-refractivity contribution in [1.29, 1.82) is 0 Å². The Labute approximate surface area is 367 Å². The first-order valence-corrected chi connectivity index (χ1v) is 21.3. The molecule has 0 aliphatic carbocycles. The molecular weight excluding hydrogens is 820 g/mol. The Morgan fingerprint density at radius 2 is 1.02 bits per heavy atom. The topological polar surface area (TPSA) is 243 Å². The van der Waals surface area contributed by atoms with E-state index in [9.17, 15) is 28.8 Å². The third-order valence-electron chi connectivity index (χ3n) is 8.02. The minimum atomic E-state index is -0.619. The summed E-state index contributed by atoms with van der Waals surface area (Å²) in [5, 5.41) is 7.94. The molecule has 0 aliphatic heterocycles. The van der Waals surface area contributed by atoms with E-state index in [1.165, 1.54) is 21.1 Å². The molecule has 21 heteroatoms. The molecule has 362 valence electrons. The Morgan fingerprint density at radius 3 is 1.53 bits per heavy atom. The molecule has 3 N–H and O–H groups in total. The first-order valence-electron chi connectivity index (χ1n) is 21.3. The monoisotopic (exact) mass is 897 g/mol. The third kappa shape index (κ3) is 41.5. The molecule has 0 aromatic rings. The molecule has 3 amide bonds. The van der Waals surface area contributed by atoms with Crippen molar-refractivity contribution in [2.75, 3.05) is 146 Å². The summed E-state index contributed by atoms with van der Waals surface area (Å²) in [6, 6.07) is 0. The second-order valence-corrected chi connectivity index (χ2v) is 15.0. The highest BCUT2D eigenvalue weighted by atomic mass is 16.6. The molecule has 0 heterocycles. The number of hydrogen-bond acceptors (Lipinski definition) is 18. The summed E-state index contributed by atoms with van der Waals surface area (Å²) in [7, 11) is 2.99. The molecule has 0 unspecified atom stereocenters. The van der Waals surface area contributed by atoms with E-state index in [-0.39, 0.29) is 108 Å². The van der Waals surface area contributed by atoms with Crippen LogP contribution in [-0.2, 0) is 71.3 Å². The molecule has 0 saturated carbocycles. The lowest BCUT2D eigenvalue weighted by molar-refractivity contribution is -0.150. The van der Waals surface area contributed by atoms with Crippen molar-refractivity contribution >= 4 is 36.0 Å². The molecule has 0 rings (SSSR count). The highest BCUT2D eigenvalue weighted by Gasteiger charge is 2.18. The summed E-state index contributed by atoms with van der Waals surface area (Å²) in [5.41, 5.74) is 0.0461.